The molecule has 0 saturated heterocycles. The summed E-state index contributed by atoms with van der Waals surface area (Å²) in [7, 11) is 10.9. The van der Waals surface area contributed by atoms with Gasteiger partial charge in [-0.2, -0.15) is 0 Å². The van der Waals surface area contributed by atoms with Crippen LogP contribution in [-0.4, -0.2) is 214 Å². The molecule has 0 unspecified atom stereocenters. The van der Waals surface area contributed by atoms with Crippen LogP contribution in [0.5, 0.6) is 0 Å². The van der Waals surface area contributed by atoms with Gasteiger partial charge in [-0.3, -0.25) is 48.5 Å². The number of primary amides is 1. The van der Waals surface area contributed by atoms with Crippen LogP contribution in [0.2, 0.25) is 0 Å². The van der Waals surface area contributed by atoms with Gasteiger partial charge in [0, 0.05) is 56.4 Å². The van der Waals surface area contributed by atoms with Crippen molar-refractivity contribution in [3.8, 4) is 12.3 Å². The molecule has 0 heterocycles. The van der Waals surface area contributed by atoms with Crippen molar-refractivity contribution in [2.75, 3.05) is 122 Å². The van der Waals surface area contributed by atoms with Crippen LogP contribution in [0.1, 0.15) is 0 Å². The van der Waals surface area contributed by atoms with E-state index in [0.717, 1.165) is 34.3 Å². The van der Waals surface area contributed by atoms with Crippen molar-refractivity contribution in [2.24, 2.45) is 5.73 Å². The highest BCUT2D eigenvalue weighted by molar-refractivity contribution is 5.93. The van der Waals surface area contributed by atoms with E-state index in [1.807, 2.05) is 0 Å². The highest BCUT2D eigenvalue weighted by atomic mass is 16.2. The van der Waals surface area contributed by atoms with Crippen molar-refractivity contribution < 1.29 is 43.2 Å². The van der Waals surface area contributed by atoms with Crippen LogP contribution < -0.4 is 11.1 Å². The summed E-state index contributed by atoms with van der Waals surface area (Å²) in [5, 5.41) is 2.72. The van der Waals surface area contributed by atoms with Crippen LogP contribution in [0, 0.1) is 12.3 Å². The number of nitrogens with one attached hydrogen (secondary N) is 1. The standard InChI is InChI=1S/C29H48N10O9/c1-10-11-31-12-22(41)33(3)14-24(43)35(5)16-26(45)37(7)18-28(47)39(9)20-29(48)38(8)19-27(46)36(6)17-25(44)34(4)15-23(42)32(2)13-21(30)40/h1,31H,11-20H2,2-9H3,(H2,30,40). The predicted octanol–water partition coefficient (Wildman–Crippen LogP) is -5.64. The van der Waals surface area contributed by atoms with Gasteiger partial charge in [0.15, 0.2) is 0 Å². The molecular weight excluding hydrogens is 632 g/mol. The zero-order valence-corrected chi connectivity index (χ0v) is 29.0. The summed E-state index contributed by atoms with van der Waals surface area (Å²) in [5.74, 6) is -2.66. The lowest BCUT2D eigenvalue weighted by Gasteiger charge is -2.27. The number of rotatable bonds is 19. The smallest absolute Gasteiger partial charge is 0.242 e. The van der Waals surface area contributed by atoms with E-state index >= 15 is 0 Å². The summed E-state index contributed by atoms with van der Waals surface area (Å²) in [6.45, 7) is -2.74. The minimum Gasteiger partial charge on any atom is -0.368 e. The van der Waals surface area contributed by atoms with Gasteiger partial charge >= 0.3 is 0 Å². The lowest BCUT2D eigenvalue weighted by Crippen LogP contribution is -2.49. The molecule has 0 fully saturated rings. The van der Waals surface area contributed by atoms with E-state index in [0.29, 0.717) is 0 Å². The maximum atomic E-state index is 12.7. The number of hydrogen-bond acceptors (Lipinski definition) is 10. The fraction of sp³-hybridized carbons (Fsp3) is 0.621. The van der Waals surface area contributed by atoms with Gasteiger partial charge in [-0.05, 0) is 0 Å². The molecule has 3 N–H and O–H groups in total. The molecule has 0 radical (unpaired) electrons. The first kappa shape index (κ1) is 42.8. The average molecular weight is 681 g/mol. The largest absolute Gasteiger partial charge is 0.368 e. The van der Waals surface area contributed by atoms with Gasteiger partial charge in [0.1, 0.15) is 0 Å². The van der Waals surface area contributed by atoms with Crippen molar-refractivity contribution >= 4 is 53.2 Å². The Hall–Kier alpha value is -5.25. The molecule has 0 atom stereocenters. The number of nitrogens with two attached hydrogens (primary N) is 1. The molecule has 0 aliphatic carbocycles. The molecule has 0 aromatic rings. The Balaban J connectivity index is 4.80. The first-order valence-corrected chi connectivity index (χ1v) is 14.6. The average Bonchev–Trinajstić information content (AvgIpc) is 2.99. The minimum absolute atomic E-state index is 0.0511. The van der Waals surface area contributed by atoms with E-state index in [4.69, 9.17) is 12.2 Å². The van der Waals surface area contributed by atoms with Gasteiger partial charge in [0.25, 0.3) is 0 Å². The molecule has 19 nitrogen and oxygen atoms in total. The maximum absolute atomic E-state index is 12.7. The molecule has 0 bridgehead atoms. The summed E-state index contributed by atoms with van der Waals surface area (Å²) in [6, 6.07) is 0. The molecule has 0 aliphatic rings. The minimum atomic E-state index is -0.710. The van der Waals surface area contributed by atoms with Gasteiger partial charge in [-0.15, -0.1) is 6.42 Å². The van der Waals surface area contributed by atoms with Crippen molar-refractivity contribution in [3.63, 3.8) is 0 Å². The Morgan fingerprint density at radius 2 is 0.646 bits per heavy atom. The summed E-state index contributed by atoms with van der Waals surface area (Å²) in [6.07, 6.45) is 5.12. The Morgan fingerprint density at radius 1 is 0.438 bits per heavy atom. The molecule has 0 aromatic carbocycles. The second-order valence-corrected chi connectivity index (χ2v) is 11.3. The Bertz CT molecular complexity index is 1270. The molecule has 9 amide bonds. The molecule has 268 valence electrons. The molecule has 19 heteroatoms. The molecule has 0 spiro atoms. The van der Waals surface area contributed by atoms with Gasteiger partial charge in [0.05, 0.1) is 65.4 Å². The second-order valence-electron chi connectivity index (χ2n) is 11.3. The summed E-state index contributed by atoms with van der Waals surface area (Å²) < 4.78 is 0. The quantitative estimate of drug-likeness (QED) is 0.0974. The second kappa shape index (κ2) is 20.8. The van der Waals surface area contributed by atoms with Crippen molar-refractivity contribution in [1.82, 2.24) is 44.5 Å². The van der Waals surface area contributed by atoms with E-state index in [2.05, 4.69) is 11.2 Å². The monoisotopic (exact) mass is 680 g/mol. The molecule has 48 heavy (non-hydrogen) atoms. The number of likely N-dealkylation sites (N-methyl/N-ethyl adjacent to an activating group) is 8. The number of terminal acetylenes is 1. The summed E-state index contributed by atoms with van der Waals surface area (Å²) >= 11 is 0. The van der Waals surface area contributed by atoms with Gasteiger partial charge in [0.2, 0.25) is 53.2 Å². The molecule has 0 rings (SSSR count). The number of carbonyl (C=O) groups is 9. The predicted molar refractivity (Wildman–Crippen MR) is 172 cm³/mol. The normalized spacial score (nSPS) is 10.1. The van der Waals surface area contributed by atoms with Gasteiger partial charge < -0.3 is 44.9 Å². The maximum Gasteiger partial charge on any atom is 0.242 e. The topological polar surface area (TPSA) is 218 Å². The summed E-state index contributed by atoms with van der Waals surface area (Å²) in [5.41, 5.74) is 5.06. The van der Waals surface area contributed by atoms with Crippen LogP contribution >= 0.6 is 0 Å². The first-order chi connectivity index (χ1) is 22.2. The van der Waals surface area contributed by atoms with Crippen LogP contribution in [-0.2, 0) is 43.2 Å². The number of hydrogen-bond donors (Lipinski definition) is 2. The lowest BCUT2D eigenvalue weighted by molar-refractivity contribution is -0.146. The zero-order chi connectivity index (χ0) is 37.3. The van der Waals surface area contributed by atoms with Crippen LogP contribution in [0.3, 0.4) is 0 Å². The third-order valence-electron chi connectivity index (χ3n) is 6.91. The first-order valence-electron chi connectivity index (χ1n) is 14.6. The fourth-order valence-corrected chi connectivity index (χ4v) is 3.58. The molecule has 0 aliphatic heterocycles. The molecule has 0 aromatic heterocycles. The number of amides is 9. The van der Waals surface area contributed by atoms with E-state index in [1.165, 1.54) is 61.3 Å². The van der Waals surface area contributed by atoms with E-state index < -0.39 is 66.9 Å². The van der Waals surface area contributed by atoms with Crippen molar-refractivity contribution in [1.29, 1.82) is 0 Å². The van der Waals surface area contributed by atoms with Crippen LogP contribution in [0.15, 0.2) is 0 Å². The SMILES string of the molecule is C#CCNCC(=O)N(C)CC(=O)N(C)CC(=O)N(C)CC(=O)N(C)CC(=O)N(C)CC(=O)N(C)CC(=O)N(C)CC(=O)N(C)CC(N)=O. The Morgan fingerprint density at radius 3 is 0.854 bits per heavy atom. The van der Waals surface area contributed by atoms with Crippen molar-refractivity contribution in [2.45, 2.75) is 0 Å². The Kier molecular flexibility index (Phi) is 18.5. The Labute approximate surface area is 280 Å². The van der Waals surface area contributed by atoms with Crippen molar-refractivity contribution in [3.05, 3.63) is 0 Å². The number of carbonyl (C=O) groups excluding carboxylic acids is 9. The van der Waals surface area contributed by atoms with E-state index in [9.17, 15) is 43.2 Å². The highest BCUT2D eigenvalue weighted by Crippen LogP contribution is 1.99. The van der Waals surface area contributed by atoms with Crippen LogP contribution in [0.25, 0.3) is 0 Å². The van der Waals surface area contributed by atoms with E-state index in [-0.39, 0.29) is 51.7 Å². The fourth-order valence-electron chi connectivity index (χ4n) is 3.58. The molecule has 0 saturated carbocycles. The zero-order valence-electron chi connectivity index (χ0n) is 29.0. The lowest BCUT2D eigenvalue weighted by atomic mass is 10.3. The number of nitrogens with zero attached hydrogens (tertiary/aromatic N) is 8. The van der Waals surface area contributed by atoms with Gasteiger partial charge in [-0.25, -0.2) is 0 Å². The molecular formula is C29H48N10O9. The summed E-state index contributed by atoms with van der Waals surface area (Å²) in [4.78, 5) is 120. The highest BCUT2D eigenvalue weighted by Gasteiger charge is 2.25. The van der Waals surface area contributed by atoms with E-state index in [1.54, 1.807) is 0 Å². The van der Waals surface area contributed by atoms with Gasteiger partial charge in [-0.1, -0.05) is 5.92 Å². The third-order valence-corrected chi connectivity index (χ3v) is 6.91. The third kappa shape index (κ3) is 15.8. The van der Waals surface area contributed by atoms with Crippen LogP contribution in [0.4, 0.5) is 0 Å².